The molecule has 0 saturated heterocycles. The Morgan fingerprint density at radius 1 is 1.02 bits per heavy atom. The number of hydrogen-bond donors (Lipinski definition) is 2. The number of nitrogens with zero attached hydrogens (tertiary/aromatic N) is 1. The molecular weight excluding hydrogens is 573 g/mol. The number of amides is 2. The second kappa shape index (κ2) is 16.0. The number of hydrogen-bond acceptors (Lipinski definition) is 5. The fourth-order valence-electron chi connectivity index (χ4n) is 6.42. The first kappa shape index (κ1) is 31.9. The Labute approximate surface area is 265 Å². The predicted octanol–water partition coefficient (Wildman–Crippen LogP) is 6.77. The normalized spacial score (nSPS) is 16.2. The van der Waals surface area contributed by atoms with Crippen molar-refractivity contribution in [2.45, 2.75) is 69.2 Å². The maximum Gasteiger partial charge on any atom is 0.252 e. The van der Waals surface area contributed by atoms with E-state index in [1.54, 1.807) is 37.4 Å². The first-order chi connectivity index (χ1) is 21.5. The first-order valence-electron chi connectivity index (χ1n) is 15.9. The Balaban J connectivity index is 1.27. The van der Waals surface area contributed by atoms with Crippen molar-refractivity contribution in [2.24, 2.45) is 5.92 Å². The highest BCUT2D eigenvalue weighted by atomic mass is 32.2. The van der Waals surface area contributed by atoms with Crippen molar-refractivity contribution in [3.05, 3.63) is 95.3 Å². The zero-order chi connectivity index (χ0) is 30.7. The summed E-state index contributed by atoms with van der Waals surface area (Å²) in [6.45, 7) is 1.22. The van der Waals surface area contributed by atoms with Gasteiger partial charge in [-0.3, -0.25) is 9.59 Å². The van der Waals surface area contributed by atoms with Gasteiger partial charge in [0.25, 0.3) is 5.91 Å². The van der Waals surface area contributed by atoms with E-state index in [1.807, 2.05) is 36.0 Å². The van der Waals surface area contributed by atoms with Crippen molar-refractivity contribution in [1.29, 1.82) is 0 Å². The number of methoxy groups -OCH3 is 1. The molecule has 2 amide bonds. The molecule has 2 N–H and O–H groups in total. The highest BCUT2D eigenvalue weighted by molar-refractivity contribution is 7.98. The Morgan fingerprint density at radius 2 is 1.84 bits per heavy atom. The Morgan fingerprint density at radius 3 is 2.64 bits per heavy atom. The van der Waals surface area contributed by atoms with Gasteiger partial charge in [0.1, 0.15) is 17.6 Å². The van der Waals surface area contributed by atoms with Crippen LogP contribution in [0.5, 0.6) is 5.75 Å². The number of benzene rings is 3. The molecule has 6 nitrogen and oxygen atoms in total. The molecule has 2 aliphatic rings. The molecular formula is C36H44FN3O3S. The van der Waals surface area contributed by atoms with Crippen LogP contribution < -0.4 is 20.3 Å². The molecule has 1 aliphatic carbocycles. The number of nitrogens with one attached hydrogen (secondary N) is 2. The van der Waals surface area contributed by atoms with Gasteiger partial charge in [-0.25, -0.2) is 4.39 Å². The smallest absolute Gasteiger partial charge is 0.252 e. The molecule has 0 bridgehead atoms. The van der Waals surface area contributed by atoms with Gasteiger partial charge in [0, 0.05) is 35.8 Å². The third-order valence-electron chi connectivity index (χ3n) is 8.89. The summed E-state index contributed by atoms with van der Waals surface area (Å²) in [5.74, 6) is 2.21. The van der Waals surface area contributed by atoms with E-state index >= 15 is 0 Å². The van der Waals surface area contributed by atoms with E-state index in [0.29, 0.717) is 30.2 Å². The summed E-state index contributed by atoms with van der Waals surface area (Å²) >= 11 is 1.83. The second-order valence-corrected chi connectivity index (χ2v) is 13.0. The molecule has 1 saturated carbocycles. The summed E-state index contributed by atoms with van der Waals surface area (Å²) in [7, 11) is 1.57. The van der Waals surface area contributed by atoms with Gasteiger partial charge in [-0.05, 0) is 72.7 Å². The van der Waals surface area contributed by atoms with Gasteiger partial charge in [-0.1, -0.05) is 68.5 Å². The molecule has 8 heteroatoms. The summed E-state index contributed by atoms with van der Waals surface area (Å²) in [5.41, 5.74) is 3.76. The molecule has 234 valence electrons. The van der Waals surface area contributed by atoms with Crippen LogP contribution in [0.3, 0.4) is 0 Å². The Kier molecular flexibility index (Phi) is 11.6. The zero-order valence-electron chi connectivity index (χ0n) is 25.6. The van der Waals surface area contributed by atoms with E-state index in [1.165, 1.54) is 43.7 Å². The molecule has 2 atom stereocenters. The van der Waals surface area contributed by atoms with Crippen molar-refractivity contribution in [2.75, 3.05) is 30.9 Å². The van der Waals surface area contributed by atoms with Gasteiger partial charge in [0.05, 0.1) is 13.2 Å². The van der Waals surface area contributed by atoms with Crippen molar-refractivity contribution in [3.8, 4) is 5.75 Å². The number of fused-ring (bicyclic) bond motifs is 1. The highest BCUT2D eigenvalue weighted by Gasteiger charge is 2.29. The number of carbonyl (C=O) groups excluding carboxylic acids is 2. The fraction of sp³-hybridized carbons (Fsp3) is 0.444. The van der Waals surface area contributed by atoms with Gasteiger partial charge in [0.15, 0.2) is 0 Å². The molecule has 1 heterocycles. The van der Waals surface area contributed by atoms with E-state index in [2.05, 4.69) is 27.7 Å². The summed E-state index contributed by atoms with van der Waals surface area (Å²) in [6.07, 6.45) is 8.43. The SMILES string of the molecule is COc1cccc(C(=O)N[C@H](CCC2CCCCC2)C(=O)NC[C@H](CSCc2ccccc2)N2CCc3cc(F)ccc32)c1. The number of thioether (sulfide) groups is 1. The number of halogens is 1. The van der Waals surface area contributed by atoms with E-state index < -0.39 is 6.04 Å². The standard InChI is InChI=1S/C36H44FN3O3S/c1-43-32-14-8-13-29(22-32)35(41)39-33(17-15-26-9-4-2-5-10-26)36(42)38-23-31(25-44-24-27-11-6-3-7-12-27)40-20-19-28-21-30(37)16-18-34(28)40/h3,6-8,11-14,16,18,21-22,26,31,33H,2,4-5,9-10,15,17,19-20,23-25H2,1H3,(H,38,42)(H,39,41)/t31-,33-/m1/s1. The molecule has 44 heavy (non-hydrogen) atoms. The molecule has 3 aromatic rings. The molecule has 0 spiro atoms. The number of carbonyl (C=O) groups is 2. The summed E-state index contributed by atoms with van der Waals surface area (Å²) < 4.78 is 19.3. The van der Waals surface area contributed by atoms with Crippen LogP contribution in [0.25, 0.3) is 0 Å². The quantitative estimate of drug-likeness (QED) is 0.209. The van der Waals surface area contributed by atoms with E-state index in [9.17, 15) is 14.0 Å². The average molecular weight is 618 g/mol. The highest BCUT2D eigenvalue weighted by Crippen LogP contribution is 2.32. The zero-order valence-corrected chi connectivity index (χ0v) is 26.4. The fourth-order valence-corrected chi connectivity index (χ4v) is 7.53. The lowest BCUT2D eigenvalue weighted by molar-refractivity contribution is -0.123. The number of anilines is 1. The summed E-state index contributed by atoms with van der Waals surface area (Å²) in [6, 6.07) is 21.8. The maximum absolute atomic E-state index is 14.0. The Hall–Kier alpha value is -3.52. The van der Waals surface area contributed by atoms with Crippen molar-refractivity contribution in [1.82, 2.24) is 10.6 Å². The number of rotatable bonds is 14. The molecule has 3 aromatic carbocycles. The van der Waals surface area contributed by atoms with Crippen LogP contribution in [-0.2, 0) is 17.0 Å². The van der Waals surface area contributed by atoms with Gasteiger partial charge in [-0.15, -0.1) is 0 Å². The lowest BCUT2D eigenvalue weighted by Gasteiger charge is -2.31. The third-order valence-corrected chi connectivity index (χ3v) is 10.0. The average Bonchev–Trinajstić information content (AvgIpc) is 3.48. The number of ether oxygens (including phenoxy) is 1. The molecule has 0 unspecified atom stereocenters. The largest absolute Gasteiger partial charge is 0.497 e. The van der Waals surface area contributed by atoms with Crippen molar-refractivity contribution in [3.63, 3.8) is 0 Å². The van der Waals surface area contributed by atoms with Crippen molar-refractivity contribution < 1.29 is 18.7 Å². The van der Waals surface area contributed by atoms with Crippen LogP contribution in [-0.4, -0.2) is 49.9 Å². The maximum atomic E-state index is 14.0. The minimum atomic E-state index is -0.631. The first-order valence-corrected chi connectivity index (χ1v) is 17.0. The third kappa shape index (κ3) is 8.78. The van der Waals surface area contributed by atoms with Crippen LogP contribution in [0.2, 0.25) is 0 Å². The second-order valence-electron chi connectivity index (χ2n) is 12.0. The van der Waals surface area contributed by atoms with Crippen LogP contribution in [0.15, 0.2) is 72.8 Å². The Bertz CT molecular complexity index is 1380. The van der Waals surface area contributed by atoms with Crippen LogP contribution in [0.1, 0.15) is 66.4 Å². The van der Waals surface area contributed by atoms with E-state index in [-0.39, 0.29) is 23.7 Å². The lowest BCUT2D eigenvalue weighted by Crippen LogP contribution is -2.51. The van der Waals surface area contributed by atoms with Gasteiger partial charge in [-0.2, -0.15) is 11.8 Å². The molecule has 5 rings (SSSR count). The molecule has 1 fully saturated rings. The van der Waals surface area contributed by atoms with Gasteiger partial charge >= 0.3 is 0 Å². The van der Waals surface area contributed by atoms with E-state index in [4.69, 9.17) is 4.74 Å². The minimum Gasteiger partial charge on any atom is -0.497 e. The molecule has 0 radical (unpaired) electrons. The summed E-state index contributed by atoms with van der Waals surface area (Å²) in [4.78, 5) is 29.4. The van der Waals surface area contributed by atoms with Crippen molar-refractivity contribution >= 4 is 29.3 Å². The lowest BCUT2D eigenvalue weighted by atomic mass is 9.85. The minimum absolute atomic E-state index is 0.0208. The summed E-state index contributed by atoms with van der Waals surface area (Å²) in [5, 5.41) is 6.25. The van der Waals surface area contributed by atoms with Crippen LogP contribution >= 0.6 is 11.8 Å². The monoisotopic (exact) mass is 617 g/mol. The topological polar surface area (TPSA) is 70.7 Å². The van der Waals surface area contributed by atoms with Gasteiger partial charge < -0.3 is 20.3 Å². The van der Waals surface area contributed by atoms with Crippen LogP contribution in [0, 0.1) is 11.7 Å². The van der Waals surface area contributed by atoms with E-state index in [0.717, 1.165) is 42.1 Å². The van der Waals surface area contributed by atoms with Crippen LogP contribution in [0.4, 0.5) is 10.1 Å². The molecule has 1 aliphatic heterocycles. The predicted molar refractivity (Wildman–Crippen MR) is 177 cm³/mol. The van der Waals surface area contributed by atoms with Gasteiger partial charge in [0.2, 0.25) is 5.91 Å². The molecule has 0 aromatic heterocycles.